The van der Waals surface area contributed by atoms with E-state index >= 15 is 0 Å². The number of amides is 1. The number of hydrogen-bond acceptors (Lipinski definition) is 3. The van der Waals surface area contributed by atoms with E-state index in [1.807, 2.05) is 17.7 Å². The summed E-state index contributed by atoms with van der Waals surface area (Å²) in [6.07, 6.45) is 6.25. The zero-order valence-corrected chi connectivity index (χ0v) is 10.7. The van der Waals surface area contributed by atoms with Gasteiger partial charge in [-0.3, -0.25) is 14.8 Å². The molecule has 18 heavy (non-hydrogen) atoms. The average molecular weight is 248 g/mol. The molecule has 1 atom stereocenters. The topological polar surface area (TPSA) is 72.9 Å². The van der Waals surface area contributed by atoms with Gasteiger partial charge in [0.15, 0.2) is 0 Å². The van der Waals surface area contributed by atoms with Gasteiger partial charge in [0, 0.05) is 17.9 Å². The van der Waals surface area contributed by atoms with Crippen LogP contribution >= 0.6 is 0 Å². The van der Waals surface area contributed by atoms with E-state index in [-0.39, 0.29) is 5.91 Å². The SMILES string of the molecule is Cc1ccnn1CC(NC1CC1)(C(N)=O)C1CC1. The maximum absolute atomic E-state index is 12.0. The van der Waals surface area contributed by atoms with Gasteiger partial charge in [-0.25, -0.2) is 0 Å². The Morgan fingerprint density at radius 1 is 1.56 bits per heavy atom. The largest absolute Gasteiger partial charge is 0.368 e. The predicted octanol–water partition coefficient (Wildman–Crippen LogP) is 0.578. The number of aromatic nitrogens is 2. The first-order valence-corrected chi connectivity index (χ1v) is 6.68. The summed E-state index contributed by atoms with van der Waals surface area (Å²) in [6.45, 7) is 2.56. The second-order valence-electron chi connectivity index (χ2n) is 5.66. The second kappa shape index (κ2) is 4.09. The fourth-order valence-corrected chi connectivity index (χ4v) is 2.61. The highest BCUT2D eigenvalue weighted by Gasteiger charge is 2.52. The molecule has 5 heteroatoms. The molecule has 1 unspecified atom stereocenters. The summed E-state index contributed by atoms with van der Waals surface area (Å²) in [7, 11) is 0. The minimum absolute atomic E-state index is 0.230. The van der Waals surface area contributed by atoms with Gasteiger partial charge in [0.2, 0.25) is 5.91 Å². The van der Waals surface area contributed by atoms with Gasteiger partial charge in [-0.1, -0.05) is 0 Å². The van der Waals surface area contributed by atoms with E-state index in [0.29, 0.717) is 18.5 Å². The molecule has 3 rings (SSSR count). The highest BCUT2D eigenvalue weighted by molar-refractivity contribution is 5.85. The Kier molecular flexibility index (Phi) is 2.66. The van der Waals surface area contributed by atoms with Crippen LogP contribution in [-0.2, 0) is 11.3 Å². The molecule has 0 saturated heterocycles. The van der Waals surface area contributed by atoms with Crippen LogP contribution in [-0.4, -0.2) is 27.3 Å². The summed E-state index contributed by atoms with van der Waals surface area (Å²) in [5, 5.41) is 7.79. The maximum Gasteiger partial charge on any atom is 0.239 e. The van der Waals surface area contributed by atoms with Crippen LogP contribution in [0.25, 0.3) is 0 Å². The molecular weight excluding hydrogens is 228 g/mol. The first-order valence-electron chi connectivity index (χ1n) is 6.68. The lowest BCUT2D eigenvalue weighted by molar-refractivity contribution is -0.126. The quantitative estimate of drug-likeness (QED) is 0.773. The van der Waals surface area contributed by atoms with Crippen LogP contribution in [0.2, 0.25) is 0 Å². The number of nitrogens with two attached hydrogens (primary N) is 1. The van der Waals surface area contributed by atoms with Crippen molar-refractivity contribution in [3.63, 3.8) is 0 Å². The Hall–Kier alpha value is -1.36. The molecule has 2 aliphatic rings. The summed E-state index contributed by atoms with van der Waals surface area (Å²) < 4.78 is 1.89. The molecule has 2 aliphatic carbocycles. The lowest BCUT2D eigenvalue weighted by Gasteiger charge is -2.32. The average Bonchev–Trinajstić information content (AvgIpc) is 3.21. The van der Waals surface area contributed by atoms with Crippen molar-refractivity contribution in [3.8, 4) is 0 Å². The first kappa shape index (κ1) is 11.7. The van der Waals surface area contributed by atoms with Crippen molar-refractivity contribution < 1.29 is 4.79 Å². The van der Waals surface area contributed by atoms with E-state index in [0.717, 1.165) is 31.4 Å². The molecular formula is C13H20N4O. The standard InChI is InChI=1S/C13H20N4O/c1-9-6-7-15-17(9)8-13(12(14)18,10-2-3-10)16-11-4-5-11/h6-7,10-11,16H,2-5,8H2,1H3,(H2,14,18). The number of carbonyl (C=O) groups is 1. The zero-order chi connectivity index (χ0) is 12.8. The van der Waals surface area contributed by atoms with Gasteiger partial charge in [-0.15, -0.1) is 0 Å². The molecule has 1 aromatic rings. The number of nitrogens with one attached hydrogen (secondary N) is 1. The molecule has 3 N–H and O–H groups in total. The predicted molar refractivity (Wildman–Crippen MR) is 67.8 cm³/mol. The molecule has 2 saturated carbocycles. The van der Waals surface area contributed by atoms with E-state index in [1.54, 1.807) is 6.20 Å². The normalized spacial score (nSPS) is 22.7. The highest BCUT2D eigenvalue weighted by Crippen LogP contribution is 2.42. The molecule has 0 aliphatic heterocycles. The minimum atomic E-state index is -0.599. The van der Waals surface area contributed by atoms with Crippen molar-refractivity contribution in [2.45, 2.75) is 50.7 Å². The molecule has 98 valence electrons. The van der Waals surface area contributed by atoms with Gasteiger partial charge in [-0.2, -0.15) is 5.10 Å². The van der Waals surface area contributed by atoms with Crippen LogP contribution in [0.3, 0.4) is 0 Å². The first-order chi connectivity index (χ1) is 8.62. The molecule has 1 heterocycles. The smallest absolute Gasteiger partial charge is 0.239 e. The third-order valence-electron chi connectivity index (χ3n) is 4.08. The number of rotatable bonds is 6. The summed E-state index contributed by atoms with van der Waals surface area (Å²) in [5.41, 5.74) is 6.18. The maximum atomic E-state index is 12.0. The second-order valence-corrected chi connectivity index (χ2v) is 5.66. The molecule has 1 aromatic heterocycles. The summed E-state index contributed by atoms with van der Waals surface area (Å²) in [4.78, 5) is 12.0. The van der Waals surface area contributed by atoms with E-state index in [2.05, 4.69) is 10.4 Å². The lowest BCUT2D eigenvalue weighted by atomic mass is 9.91. The molecule has 0 bridgehead atoms. The minimum Gasteiger partial charge on any atom is -0.368 e. The van der Waals surface area contributed by atoms with Crippen LogP contribution in [0.15, 0.2) is 12.3 Å². The Morgan fingerprint density at radius 3 is 2.72 bits per heavy atom. The van der Waals surface area contributed by atoms with Crippen LogP contribution in [0.4, 0.5) is 0 Å². The highest BCUT2D eigenvalue weighted by atomic mass is 16.1. The molecule has 0 aromatic carbocycles. The van der Waals surface area contributed by atoms with Crippen LogP contribution < -0.4 is 11.1 Å². The summed E-state index contributed by atoms with van der Waals surface area (Å²) in [6, 6.07) is 2.42. The Labute approximate surface area is 107 Å². The number of nitrogens with zero attached hydrogens (tertiary/aromatic N) is 2. The van der Waals surface area contributed by atoms with E-state index < -0.39 is 5.54 Å². The van der Waals surface area contributed by atoms with Gasteiger partial charge in [0.25, 0.3) is 0 Å². The molecule has 2 fully saturated rings. The number of hydrogen-bond donors (Lipinski definition) is 2. The number of primary amides is 1. The molecule has 0 spiro atoms. The fraction of sp³-hybridized carbons (Fsp3) is 0.692. The summed E-state index contributed by atoms with van der Waals surface area (Å²) >= 11 is 0. The molecule has 0 radical (unpaired) electrons. The van der Waals surface area contributed by atoms with Crippen LogP contribution in [0.5, 0.6) is 0 Å². The van der Waals surface area contributed by atoms with Gasteiger partial charge >= 0.3 is 0 Å². The van der Waals surface area contributed by atoms with Crippen LogP contribution in [0.1, 0.15) is 31.4 Å². The number of carbonyl (C=O) groups excluding carboxylic acids is 1. The molecule has 1 amide bonds. The van der Waals surface area contributed by atoms with E-state index in [4.69, 9.17) is 5.73 Å². The van der Waals surface area contributed by atoms with Crippen molar-refractivity contribution in [2.75, 3.05) is 0 Å². The van der Waals surface area contributed by atoms with Gasteiger partial charge in [0.05, 0.1) is 6.54 Å². The van der Waals surface area contributed by atoms with Crippen molar-refractivity contribution in [1.82, 2.24) is 15.1 Å². The summed E-state index contributed by atoms with van der Waals surface area (Å²) in [5.74, 6) is 0.144. The fourth-order valence-electron chi connectivity index (χ4n) is 2.61. The van der Waals surface area contributed by atoms with Gasteiger partial charge < -0.3 is 5.73 Å². The van der Waals surface area contributed by atoms with Crippen LogP contribution in [0, 0.1) is 12.8 Å². The van der Waals surface area contributed by atoms with Crippen molar-refractivity contribution in [2.24, 2.45) is 11.7 Å². The Bertz CT molecular complexity index is 461. The van der Waals surface area contributed by atoms with Crippen molar-refractivity contribution in [3.05, 3.63) is 18.0 Å². The monoisotopic (exact) mass is 248 g/mol. The van der Waals surface area contributed by atoms with Gasteiger partial charge in [-0.05, 0) is 44.6 Å². The lowest BCUT2D eigenvalue weighted by Crippen LogP contribution is -2.60. The zero-order valence-electron chi connectivity index (χ0n) is 10.7. The Balaban J connectivity index is 1.87. The number of aryl methyl sites for hydroxylation is 1. The van der Waals surface area contributed by atoms with Crippen molar-refractivity contribution in [1.29, 1.82) is 0 Å². The van der Waals surface area contributed by atoms with E-state index in [1.165, 1.54) is 0 Å². The Morgan fingerprint density at radius 2 is 2.28 bits per heavy atom. The third-order valence-corrected chi connectivity index (χ3v) is 4.08. The third kappa shape index (κ3) is 2.03. The van der Waals surface area contributed by atoms with Crippen molar-refractivity contribution >= 4 is 5.91 Å². The van der Waals surface area contributed by atoms with E-state index in [9.17, 15) is 4.79 Å². The van der Waals surface area contributed by atoms with Gasteiger partial charge in [0.1, 0.15) is 5.54 Å². The molecule has 5 nitrogen and oxygen atoms in total.